The van der Waals surface area contributed by atoms with Crippen LogP contribution in [0.4, 0.5) is 5.82 Å². The van der Waals surface area contributed by atoms with E-state index in [2.05, 4.69) is 24.2 Å². The number of fused-ring (bicyclic) bond motifs is 1. The van der Waals surface area contributed by atoms with E-state index < -0.39 is 10.0 Å². The predicted molar refractivity (Wildman–Crippen MR) is 211 cm³/mol. The van der Waals surface area contributed by atoms with Gasteiger partial charge in [-0.1, -0.05) is 30.3 Å². The Morgan fingerprint density at radius 3 is 2.37 bits per heavy atom. The van der Waals surface area contributed by atoms with Gasteiger partial charge in [-0.25, -0.2) is 12.7 Å². The van der Waals surface area contributed by atoms with Crippen LogP contribution in [-0.2, 0) is 43.8 Å². The van der Waals surface area contributed by atoms with Crippen LogP contribution in [-0.4, -0.2) is 69.1 Å². The van der Waals surface area contributed by atoms with Crippen molar-refractivity contribution < 1.29 is 31.9 Å². The molecule has 0 amide bonds. The summed E-state index contributed by atoms with van der Waals surface area (Å²) in [4.78, 5) is 5.72. The number of ether oxygens (including phenoxy) is 4. The van der Waals surface area contributed by atoms with Crippen molar-refractivity contribution in [2.45, 2.75) is 65.3 Å². The summed E-state index contributed by atoms with van der Waals surface area (Å²) in [5.74, 6) is 1.48. The Balaban J connectivity index is 1.42. The minimum atomic E-state index is -4.17. The van der Waals surface area contributed by atoms with E-state index in [1.807, 2.05) is 67.9 Å². The minimum absolute atomic E-state index is 0.179. The number of hydrogen-bond donors (Lipinski definition) is 0. The molecule has 0 aliphatic heterocycles. The number of methoxy groups -OCH3 is 2. The highest BCUT2D eigenvalue weighted by atomic mass is 32.2. The van der Waals surface area contributed by atoms with Crippen molar-refractivity contribution in [2.24, 2.45) is 0 Å². The van der Waals surface area contributed by atoms with Gasteiger partial charge in [0.1, 0.15) is 28.1 Å². The van der Waals surface area contributed by atoms with E-state index in [4.69, 9.17) is 33.6 Å². The highest BCUT2D eigenvalue weighted by molar-refractivity contribution is 7.95. The number of aryl methyl sites for hydroxylation is 4. The van der Waals surface area contributed by atoms with Gasteiger partial charge in [0.15, 0.2) is 5.82 Å². The maximum Gasteiger partial charge on any atom is 0.277 e. The lowest BCUT2D eigenvalue weighted by Crippen LogP contribution is -2.34. The second kappa shape index (κ2) is 16.8. The van der Waals surface area contributed by atoms with Crippen molar-refractivity contribution in [3.8, 4) is 28.1 Å². The van der Waals surface area contributed by atoms with Crippen LogP contribution < -0.4 is 9.04 Å². The van der Waals surface area contributed by atoms with Crippen LogP contribution in [0.2, 0.25) is 0 Å². The fourth-order valence-corrected chi connectivity index (χ4v) is 9.44. The minimum Gasteiger partial charge on any atom is -0.497 e. The van der Waals surface area contributed by atoms with Gasteiger partial charge in [-0.05, 0) is 94.1 Å². The van der Waals surface area contributed by atoms with Crippen molar-refractivity contribution in [3.05, 3.63) is 93.3 Å². The molecule has 12 nitrogen and oxygen atoms in total. The molecule has 4 heterocycles. The lowest BCUT2D eigenvalue weighted by Gasteiger charge is -2.23. The zero-order valence-electron chi connectivity index (χ0n) is 32.1. The lowest BCUT2D eigenvalue weighted by molar-refractivity contribution is 0.0753. The first-order chi connectivity index (χ1) is 26.0. The van der Waals surface area contributed by atoms with Gasteiger partial charge < -0.3 is 23.5 Å². The first kappa shape index (κ1) is 39.1. The molecule has 0 unspecified atom stereocenters. The number of anilines is 1. The van der Waals surface area contributed by atoms with E-state index >= 15 is 0 Å². The van der Waals surface area contributed by atoms with Crippen LogP contribution >= 0.6 is 11.3 Å². The van der Waals surface area contributed by atoms with Gasteiger partial charge in [0, 0.05) is 52.1 Å². The zero-order valence-corrected chi connectivity index (χ0v) is 33.7. The summed E-state index contributed by atoms with van der Waals surface area (Å²) in [7, 11) is -0.958. The molecular weight excluding hydrogens is 727 g/mol. The number of rotatable bonds is 17. The number of hydrogen-bond acceptors (Lipinski definition) is 11. The SMILES string of the molecule is CCOCc1cc(Cn2nc(-c3ccc(OC)cc3)c3c(C)nc(CC)cc32)ccc1-c1cc(C)sc1S(=O)(=O)N(COCCOC)c1noc(C)c1C. The van der Waals surface area contributed by atoms with E-state index in [1.165, 1.54) is 15.6 Å². The third-order valence-electron chi connectivity index (χ3n) is 9.30. The normalized spacial score (nSPS) is 11.9. The molecule has 0 saturated heterocycles. The van der Waals surface area contributed by atoms with Crippen LogP contribution in [0.15, 0.2) is 63.3 Å². The van der Waals surface area contributed by atoms with E-state index in [9.17, 15) is 8.42 Å². The molecule has 286 valence electrons. The highest BCUT2D eigenvalue weighted by Gasteiger charge is 2.34. The number of benzene rings is 2. The average Bonchev–Trinajstić information content (AvgIpc) is 3.85. The molecule has 2 aromatic carbocycles. The van der Waals surface area contributed by atoms with Crippen molar-refractivity contribution in [2.75, 3.05) is 45.1 Å². The van der Waals surface area contributed by atoms with E-state index in [-0.39, 0.29) is 23.4 Å². The van der Waals surface area contributed by atoms with Crippen LogP contribution in [0.5, 0.6) is 5.75 Å². The molecule has 0 radical (unpaired) electrons. The standard InChI is InChI=1S/C40H47N5O7S2/c1-9-32-21-36-37(27(5)41-32)38(30-12-14-33(49-8)15-13-30)42-44(36)22-29-11-16-34(31(20-29)23-50-10-2)35-19-25(3)53-40(35)54(46,47)45(24-51-18-17-48-7)39-26(4)28(6)52-43-39/h11-16,19-21H,9-10,17-18,22-24H2,1-8H3. The summed E-state index contributed by atoms with van der Waals surface area (Å²) in [6.45, 7) is 13.0. The Morgan fingerprint density at radius 2 is 1.70 bits per heavy atom. The molecule has 6 aromatic rings. The van der Waals surface area contributed by atoms with Crippen molar-refractivity contribution in [1.29, 1.82) is 0 Å². The van der Waals surface area contributed by atoms with Crippen molar-refractivity contribution in [3.63, 3.8) is 0 Å². The van der Waals surface area contributed by atoms with Gasteiger partial charge in [-0.3, -0.25) is 9.67 Å². The topological polar surface area (TPSA) is 131 Å². The zero-order chi connectivity index (χ0) is 38.6. The highest BCUT2D eigenvalue weighted by Crippen LogP contribution is 2.41. The molecule has 54 heavy (non-hydrogen) atoms. The van der Waals surface area contributed by atoms with Crippen LogP contribution in [0.3, 0.4) is 0 Å². The van der Waals surface area contributed by atoms with Gasteiger partial charge in [0.2, 0.25) is 0 Å². The fourth-order valence-electron chi connectivity index (χ4n) is 6.35. The molecule has 0 bridgehead atoms. The van der Waals surface area contributed by atoms with Gasteiger partial charge in [0.25, 0.3) is 10.0 Å². The molecule has 0 N–H and O–H groups in total. The van der Waals surface area contributed by atoms with Gasteiger partial charge in [-0.15, -0.1) is 11.3 Å². The molecule has 4 aromatic heterocycles. The number of aromatic nitrogens is 4. The molecule has 0 aliphatic rings. The maximum absolute atomic E-state index is 14.6. The number of sulfonamides is 1. The summed E-state index contributed by atoms with van der Waals surface area (Å²) >= 11 is 1.21. The Kier molecular flexibility index (Phi) is 12.2. The van der Waals surface area contributed by atoms with Gasteiger partial charge in [-0.2, -0.15) is 5.10 Å². The Labute approximate surface area is 320 Å². The second-order valence-electron chi connectivity index (χ2n) is 12.9. The van der Waals surface area contributed by atoms with Crippen molar-refractivity contribution >= 4 is 38.1 Å². The quantitative estimate of drug-likeness (QED) is 0.0664. The molecule has 0 spiro atoms. The summed E-state index contributed by atoms with van der Waals surface area (Å²) in [6, 6.07) is 18.0. The molecule has 0 atom stereocenters. The van der Waals surface area contributed by atoms with Crippen LogP contribution in [0, 0.1) is 27.7 Å². The number of pyridine rings is 1. The molecule has 0 fully saturated rings. The van der Waals surface area contributed by atoms with Crippen LogP contribution in [0.25, 0.3) is 33.3 Å². The average molecular weight is 774 g/mol. The Morgan fingerprint density at radius 1 is 0.926 bits per heavy atom. The molecule has 14 heteroatoms. The largest absolute Gasteiger partial charge is 0.497 e. The second-order valence-corrected chi connectivity index (χ2v) is 16.3. The van der Waals surface area contributed by atoms with Gasteiger partial charge >= 0.3 is 0 Å². The molecule has 0 saturated carbocycles. The number of nitrogens with zero attached hydrogens (tertiary/aromatic N) is 5. The lowest BCUT2D eigenvalue weighted by atomic mass is 9.99. The third kappa shape index (κ3) is 7.94. The van der Waals surface area contributed by atoms with Crippen LogP contribution in [0.1, 0.15) is 52.6 Å². The van der Waals surface area contributed by atoms with E-state index in [1.54, 1.807) is 28.1 Å². The monoisotopic (exact) mass is 773 g/mol. The Hall–Kier alpha value is -4.60. The third-order valence-corrected chi connectivity index (χ3v) is 12.6. The molecular formula is C40H47N5O7S2. The summed E-state index contributed by atoms with van der Waals surface area (Å²) in [6.07, 6.45) is 0.797. The summed E-state index contributed by atoms with van der Waals surface area (Å²) in [5, 5.41) is 10.3. The molecule has 0 aliphatic carbocycles. The summed E-state index contributed by atoms with van der Waals surface area (Å²) < 4.78 is 60.3. The van der Waals surface area contributed by atoms with E-state index in [0.29, 0.717) is 43.3 Å². The van der Waals surface area contributed by atoms with Gasteiger partial charge in [0.05, 0.1) is 39.0 Å². The predicted octanol–water partition coefficient (Wildman–Crippen LogP) is 8.02. The van der Waals surface area contributed by atoms with E-state index in [0.717, 1.165) is 67.3 Å². The Bertz CT molecular complexity index is 2350. The van der Waals surface area contributed by atoms with Crippen molar-refractivity contribution in [1.82, 2.24) is 19.9 Å². The fraction of sp³-hybridized carbons (Fsp3) is 0.375. The molecule has 6 rings (SSSR count). The number of thiophene rings is 1. The first-order valence-corrected chi connectivity index (χ1v) is 20.1. The summed E-state index contributed by atoms with van der Waals surface area (Å²) in [5.41, 5.74) is 8.54. The first-order valence-electron chi connectivity index (χ1n) is 17.8. The maximum atomic E-state index is 14.6. The smallest absolute Gasteiger partial charge is 0.277 e.